The summed E-state index contributed by atoms with van der Waals surface area (Å²) < 4.78 is 7.15. The van der Waals surface area contributed by atoms with E-state index in [1.165, 1.54) is 51.4 Å². The van der Waals surface area contributed by atoms with Crippen molar-refractivity contribution in [2.75, 3.05) is 0 Å². The van der Waals surface area contributed by atoms with Crippen LogP contribution in [0.1, 0.15) is 72.1 Å². The van der Waals surface area contributed by atoms with Gasteiger partial charge in [0.05, 0.1) is 5.60 Å². The van der Waals surface area contributed by atoms with Gasteiger partial charge in [-0.1, -0.05) is 39.0 Å². The van der Waals surface area contributed by atoms with Crippen molar-refractivity contribution in [1.82, 2.24) is 0 Å². The Balaban J connectivity index is 1.71. The van der Waals surface area contributed by atoms with Gasteiger partial charge >= 0.3 is 0 Å². The Labute approximate surface area is 155 Å². The molecule has 2 heteroatoms. The molecular weight excluding hydrogens is 320 g/mol. The Morgan fingerprint density at radius 2 is 1.72 bits per heavy atom. The van der Waals surface area contributed by atoms with Gasteiger partial charge < -0.3 is 4.43 Å². The van der Waals surface area contributed by atoms with E-state index >= 15 is 0 Å². The fourth-order valence-electron chi connectivity index (χ4n) is 5.04. The van der Waals surface area contributed by atoms with Gasteiger partial charge in [-0.3, -0.25) is 0 Å². The molecule has 0 saturated carbocycles. The SMILES string of the molecule is CC(C)(C)[Si](C)(C)O[C@]12CCC=C1C1=C(CC2)C2=C(C=CCC2)CC1. The summed E-state index contributed by atoms with van der Waals surface area (Å²) in [6.07, 6.45) is 17.1. The summed E-state index contributed by atoms with van der Waals surface area (Å²) >= 11 is 0. The summed E-state index contributed by atoms with van der Waals surface area (Å²) in [6.45, 7) is 12.0. The first-order chi connectivity index (χ1) is 11.7. The first-order valence-electron chi connectivity index (χ1n) is 10.3. The zero-order chi connectivity index (χ0) is 17.9. The maximum absolute atomic E-state index is 7.15. The molecule has 4 aliphatic carbocycles. The maximum atomic E-state index is 7.15. The summed E-state index contributed by atoms with van der Waals surface area (Å²) in [5.74, 6) is 0. The Hall–Kier alpha value is -0.863. The van der Waals surface area contributed by atoms with Crippen LogP contribution in [0.3, 0.4) is 0 Å². The van der Waals surface area contributed by atoms with Crippen LogP contribution < -0.4 is 0 Å². The van der Waals surface area contributed by atoms with Crippen molar-refractivity contribution in [2.24, 2.45) is 0 Å². The average Bonchev–Trinajstić information content (AvgIpc) is 2.96. The van der Waals surface area contributed by atoms with Gasteiger partial charge in [0.2, 0.25) is 0 Å². The second kappa shape index (κ2) is 5.82. The van der Waals surface area contributed by atoms with E-state index in [4.69, 9.17) is 4.43 Å². The summed E-state index contributed by atoms with van der Waals surface area (Å²) in [7, 11) is -1.77. The van der Waals surface area contributed by atoms with Crippen LogP contribution in [0, 0.1) is 0 Å². The van der Waals surface area contributed by atoms with Crippen LogP contribution in [0.5, 0.6) is 0 Å². The molecule has 0 bridgehead atoms. The lowest BCUT2D eigenvalue weighted by molar-refractivity contribution is 0.0791. The fraction of sp³-hybridized carbons (Fsp3) is 0.652. The molecule has 4 aliphatic rings. The smallest absolute Gasteiger partial charge is 0.193 e. The fourth-order valence-corrected chi connectivity index (χ4v) is 6.64. The van der Waals surface area contributed by atoms with E-state index in [1.54, 1.807) is 27.9 Å². The lowest BCUT2D eigenvalue weighted by atomic mass is 9.69. The van der Waals surface area contributed by atoms with Crippen LogP contribution in [-0.4, -0.2) is 13.9 Å². The van der Waals surface area contributed by atoms with Gasteiger partial charge in [-0.2, -0.15) is 0 Å². The third-order valence-corrected chi connectivity index (χ3v) is 11.9. The standard InChI is InChI=1S/C23H34OSi/c1-22(2,3)25(4,5)24-23-15-8-11-21(23)20-13-12-17-9-6-7-10-18(17)19(20)14-16-23/h6,9,11H,7-8,10,12-16H2,1-5H3/t23-/m0/s1. The van der Waals surface area contributed by atoms with Crippen LogP contribution in [0.25, 0.3) is 0 Å². The molecule has 0 unspecified atom stereocenters. The second-order valence-corrected chi connectivity index (χ2v) is 14.6. The molecular formula is C23H34OSi. The molecule has 0 heterocycles. The van der Waals surface area contributed by atoms with E-state index in [0.717, 1.165) is 0 Å². The molecule has 0 saturated heterocycles. The number of fused-ring (bicyclic) bond motifs is 3. The molecule has 0 amide bonds. The third kappa shape index (κ3) is 2.77. The zero-order valence-corrected chi connectivity index (χ0v) is 17.8. The molecule has 25 heavy (non-hydrogen) atoms. The Kier molecular flexibility index (Phi) is 4.08. The molecule has 0 N–H and O–H groups in total. The molecule has 0 spiro atoms. The summed E-state index contributed by atoms with van der Waals surface area (Å²) in [6, 6.07) is 0. The Morgan fingerprint density at radius 1 is 0.920 bits per heavy atom. The van der Waals surface area contributed by atoms with E-state index in [2.05, 4.69) is 52.1 Å². The molecule has 0 aromatic heterocycles. The van der Waals surface area contributed by atoms with Crippen molar-refractivity contribution in [2.45, 2.75) is 95.9 Å². The Morgan fingerprint density at radius 3 is 2.48 bits per heavy atom. The molecule has 136 valence electrons. The largest absolute Gasteiger partial charge is 0.407 e. The van der Waals surface area contributed by atoms with Crippen molar-refractivity contribution >= 4 is 8.32 Å². The normalized spacial score (nSPS) is 29.4. The molecule has 0 aliphatic heterocycles. The lowest BCUT2D eigenvalue weighted by Gasteiger charge is -2.49. The van der Waals surface area contributed by atoms with Gasteiger partial charge in [-0.15, -0.1) is 0 Å². The van der Waals surface area contributed by atoms with Crippen LogP contribution in [-0.2, 0) is 4.43 Å². The van der Waals surface area contributed by atoms with Crippen LogP contribution in [0.15, 0.2) is 46.1 Å². The minimum atomic E-state index is -1.77. The number of rotatable bonds is 2. The van der Waals surface area contributed by atoms with Crippen molar-refractivity contribution in [1.29, 1.82) is 0 Å². The summed E-state index contributed by atoms with van der Waals surface area (Å²) in [5.41, 5.74) is 8.33. The lowest BCUT2D eigenvalue weighted by Crippen LogP contribution is -2.51. The molecule has 4 rings (SSSR count). The number of allylic oxidation sites excluding steroid dienone is 6. The molecule has 0 fully saturated rings. The predicted octanol–water partition coefficient (Wildman–Crippen LogP) is 7.00. The number of hydrogen-bond donors (Lipinski definition) is 0. The highest BCUT2D eigenvalue weighted by Gasteiger charge is 2.50. The van der Waals surface area contributed by atoms with Gasteiger partial charge in [0, 0.05) is 0 Å². The number of hydrogen-bond acceptors (Lipinski definition) is 1. The van der Waals surface area contributed by atoms with Crippen molar-refractivity contribution in [3.05, 3.63) is 46.1 Å². The van der Waals surface area contributed by atoms with Gasteiger partial charge in [-0.25, -0.2) is 0 Å². The Bertz CT molecular complexity index is 711. The van der Waals surface area contributed by atoms with Crippen molar-refractivity contribution in [3.8, 4) is 0 Å². The van der Waals surface area contributed by atoms with E-state index in [0.29, 0.717) is 0 Å². The highest BCUT2D eigenvalue weighted by molar-refractivity contribution is 6.74. The van der Waals surface area contributed by atoms with E-state index in [-0.39, 0.29) is 10.6 Å². The van der Waals surface area contributed by atoms with Gasteiger partial charge in [0.25, 0.3) is 0 Å². The van der Waals surface area contributed by atoms with Gasteiger partial charge in [0.1, 0.15) is 0 Å². The molecule has 1 nitrogen and oxygen atoms in total. The molecule has 0 aromatic carbocycles. The highest BCUT2D eigenvalue weighted by atomic mass is 28.4. The maximum Gasteiger partial charge on any atom is 0.193 e. The topological polar surface area (TPSA) is 9.23 Å². The van der Waals surface area contributed by atoms with Crippen molar-refractivity contribution in [3.63, 3.8) is 0 Å². The first kappa shape index (κ1) is 17.5. The minimum Gasteiger partial charge on any atom is -0.407 e. The second-order valence-electron chi connectivity index (χ2n) is 9.92. The van der Waals surface area contributed by atoms with Crippen LogP contribution >= 0.6 is 0 Å². The van der Waals surface area contributed by atoms with Gasteiger partial charge in [-0.05, 0) is 97.4 Å². The predicted molar refractivity (Wildman–Crippen MR) is 109 cm³/mol. The van der Waals surface area contributed by atoms with E-state index in [9.17, 15) is 0 Å². The van der Waals surface area contributed by atoms with Crippen LogP contribution in [0.4, 0.5) is 0 Å². The van der Waals surface area contributed by atoms with Gasteiger partial charge in [0.15, 0.2) is 8.32 Å². The minimum absolute atomic E-state index is 0.0321. The van der Waals surface area contributed by atoms with Crippen LogP contribution in [0.2, 0.25) is 18.1 Å². The summed E-state index contributed by atoms with van der Waals surface area (Å²) in [4.78, 5) is 0. The van der Waals surface area contributed by atoms with E-state index < -0.39 is 8.32 Å². The molecule has 0 radical (unpaired) electrons. The first-order valence-corrected chi connectivity index (χ1v) is 13.2. The van der Waals surface area contributed by atoms with Crippen molar-refractivity contribution < 1.29 is 4.43 Å². The molecule has 1 atom stereocenters. The highest BCUT2D eigenvalue weighted by Crippen LogP contribution is 2.55. The summed E-state index contributed by atoms with van der Waals surface area (Å²) in [5, 5.41) is 0.278. The average molecular weight is 355 g/mol. The molecule has 0 aromatic rings. The monoisotopic (exact) mass is 354 g/mol. The quantitative estimate of drug-likeness (QED) is 0.485. The van der Waals surface area contributed by atoms with E-state index in [1.807, 2.05) is 0 Å². The zero-order valence-electron chi connectivity index (χ0n) is 16.8. The third-order valence-electron chi connectivity index (χ3n) is 7.39.